The SMILES string of the molecule is [CH2-]CI.[CH3-].[Hf]. The molecule has 0 atom stereocenters. The van der Waals surface area contributed by atoms with Crippen LogP contribution in [0.2, 0.25) is 0 Å². The first-order chi connectivity index (χ1) is 1.41. The molecule has 0 rings (SSSR count). The molecule has 0 unspecified atom stereocenters. The molecule has 0 aromatic heterocycles. The first-order valence-electron chi connectivity index (χ1n) is 0.767. The number of alkyl halides is 1. The van der Waals surface area contributed by atoms with E-state index in [2.05, 4.69) is 29.5 Å². The molecule has 0 aliphatic heterocycles. The van der Waals surface area contributed by atoms with Crippen molar-refractivity contribution in [3.63, 3.8) is 0 Å². The zero-order chi connectivity index (χ0) is 2.71. The average Bonchev–Trinajstić information content (AvgIpc) is 0.918. The van der Waals surface area contributed by atoms with E-state index in [-0.39, 0.29) is 33.3 Å². The fourth-order valence-corrected chi connectivity index (χ4v) is 0. The Morgan fingerprint density at radius 3 is 1.60 bits per heavy atom. The van der Waals surface area contributed by atoms with E-state index in [0.29, 0.717) is 0 Å². The molecule has 0 saturated carbocycles. The van der Waals surface area contributed by atoms with Gasteiger partial charge in [-0.3, -0.25) is 0 Å². The summed E-state index contributed by atoms with van der Waals surface area (Å²) >= 11 is 2.18. The molecule has 5 heavy (non-hydrogen) atoms. The quantitative estimate of drug-likeness (QED) is 0.271. The largest absolute Gasteiger partial charge is 0.358 e. The Kier molecular flexibility index (Phi) is 56.0. The molecule has 32 valence electrons. The summed E-state index contributed by atoms with van der Waals surface area (Å²) in [6, 6.07) is 0. The predicted octanol–water partition coefficient (Wildman–Crippen LogP) is 1.70. The summed E-state index contributed by atoms with van der Waals surface area (Å²) in [6.45, 7) is 3.47. The van der Waals surface area contributed by atoms with Gasteiger partial charge in [0.05, 0.1) is 0 Å². The molecule has 0 spiro atoms. The number of hydrogen-bond acceptors (Lipinski definition) is 0. The van der Waals surface area contributed by atoms with Gasteiger partial charge in [-0.2, -0.15) is 0 Å². The molecule has 0 radical (unpaired) electrons. The second-order valence-corrected chi connectivity index (χ2v) is 1.27. The van der Waals surface area contributed by atoms with E-state index in [0.717, 1.165) is 4.43 Å². The van der Waals surface area contributed by atoms with Gasteiger partial charge in [0, 0.05) is 25.8 Å². The minimum atomic E-state index is 0. The molecule has 0 aliphatic rings. The Morgan fingerprint density at radius 1 is 1.60 bits per heavy atom. The third-order valence-electron chi connectivity index (χ3n) is 0. The molecule has 0 nitrogen and oxygen atoms in total. The van der Waals surface area contributed by atoms with Gasteiger partial charge < -0.3 is 14.4 Å². The van der Waals surface area contributed by atoms with Crippen LogP contribution in [0.1, 0.15) is 0 Å². The third kappa shape index (κ3) is 28.3. The summed E-state index contributed by atoms with van der Waals surface area (Å²) in [4.78, 5) is 0. The first-order valence-corrected chi connectivity index (χ1v) is 2.29. The summed E-state index contributed by atoms with van der Waals surface area (Å²) in [7, 11) is 0. The molecule has 0 aromatic carbocycles. The van der Waals surface area contributed by atoms with Gasteiger partial charge in [-0.25, -0.2) is 0 Å². The summed E-state index contributed by atoms with van der Waals surface area (Å²) in [6.07, 6.45) is 0. The second-order valence-electron chi connectivity index (χ2n) is 0.189. The Labute approximate surface area is 66.6 Å². The third-order valence-corrected chi connectivity index (χ3v) is 0. The molecule has 0 saturated heterocycles. The van der Waals surface area contributed by atoms with Crippen LogP contribution in [-0.2, 0) is 25.8 Å². The van der Waals surface area contributed by atoms with E-state index < -0.39 is 0 Å². The van der Waals surface area contributed by atoms with Crippen molar-refractivity contribution in [2.75, 3.05) is 4.43 Å². The minimum Gasteiger partial charge on any atom is -0.358 e. The van der Waals surface area contributed by atoms with Crippen molar-refractivity contribution in [1.82, 2.24) is 0 Å². The van der Waals surface area contributed by atoms with Crippen molar-refractivity contribution in [3.8, 4) is 0 Å². The predicted molar refractivity (Wildman–Crippen MR) is 30.7 cm³/mol. The van der Waals surface area contributed by atoms with Crippen LogP contribution in [0.25, 0.3) is 0 Å². The molecule has 0 aromatic rings. The molecular formula is C3H7HfI-2. The normalized spacial score (nSPS) is 3.60. The van der Waals surface area contributed by atoms with E-state index in [1.807, 2.05) is 0 Å². The van der Waals surface area contributed by atoms with Crippen LogP contribution in [0.5, 0.6) is 0 Å². The molecular weight excluding hydrogens is 341 g/mol. The summed E-state index contributed by atoms with van der Waals surface area (Å²) < 4.78 is 0.970. The van der Waals surface area contributed by atoms with E-state index in [1.54, 1.807) is 0 Å². The van der Waals surface area contributed by atoms with Crippen molar-refractivity contribution in [2.45, 2.75) is 0 Å². The van der Waals surface area contributed by atoms with Crippen LogP contribution in [0.15, 0.2) is 0 Å². The van der Waals surface area contributed by atoms with Crippen molar-refractivity contribution in [2.24, 2.45) is 0 Å². The van der Waals surface area contributed by atoms with E-state index in [4.69, 9.17) is 0 Å². The van der Waals surface area contributed by atoms with Gasteiger partial charge in [-0.1, -0.05) is 0 Å². The maximum atomic E-state index is 3.47. The Bertz CT molecular complexity index is 6.85. The average molecular weight is 348 g/mol. The van der Waals surface area contributed by atoms with Gasteiger partial charge >= 0.3 is 0 Å². The zero-order valence-corrected chi connectivity index (χ0v) is 9.04. The van der Waals surface area contributed by atoms with Gasteiger partial charge in [0.1, 0.15) is 0 Å². The Morgan fingerprint density at radius 2 is 1.60 bits per heavy atom. The second kappa shape index (κ2) is 17.5. The van der Waals surface area contributed by atoms with Crippen molar-refractivity contribution in [1.29, 1.82) is 0 Å². The number of halogens is 1. The zero-order valence-electron chi connectivity index (χ0n) is 3.29. The number of rotatable bonds is 0. The van der Waals surface area contributed by atoms with Crippen molar-refractivity contribution >= 4 is 22.6 Å². The van der Waals surface area contributed by atoms with Gasteiger partial charge in [0.2, 0.25) is 0 Å². The maximum Gasteiger partial charge on any atom is 0 e. The van der Waals surface area contributed by atoms with Crippen LogP contribution >= 0.6 is 22.6 Å². The molecule has 0 bridgehead atoms. The summed E-state index contributed by atoms with van der Waals surface area (Å²) in [5, 5.41) is 0. The molecule has 0 fully saturated rings. The van der Waals surface area contributed by atoms with Gasteiger partial charge in [-0.15, -0.1) is 27.0 Å². The standard InChI is InChI=1S/C2H4I.CH3.Hf/c1-2-3;;/h1-2H2;1H3;/q2*-1;. The van der Waals surface area contributed by atoms with Crippen molar-refractivity contribution < 1.29 is 25.8 Å². The molecule has 0 N–H and O–H groups in total. The minimum absolute atomic E-state index is 0. The van der Waals surface area contributed by atoms with Gasteiger partial charge in [0.25, 0.3) is 0 Å². The monoisotopic (exact) mass is 350 g/mol. The summed E-state index contributed by atoms with van der Waals surface area (Å²) in [5.41, 5.74) is 0. The number of hydrogen-bond donors (Lipinski definition) is 0. The fourth-order valence-electron chi connectivity index (χ4n) is 0. The van der Waals surface area contributed by atoms with Gasteiger partial charge in [-0.05, 0) is 0 Å². The van der Waals surface area contributed by atoms with Crippen LogP contribution in [-0.4, -0.2) is 4.43 Å². The topological polar surface area (TPSA) is 0 Å². The molecule has 0 heterocycles. The smallest absolute Gasteiger partial charge is 0 e. The fraction of sp³-hybridized carbons (Fsp3) is 0.333. The van der Waals surface area contributed by atoms with Crippen LogP contribution in [0, 0.1) is 14.4 Å². The Hall–Kier alpha value is 1.60. The van der Waals surface area contributed by atoms with Crippen LogP contribution in [0.3, 0.4) is 0 Å². The van der Waals surface area contributed by atoms with E-state index in [1.165, 1.54) is 0 Å². The summed E-state index contributed by atoms with van der Waals surface area (Å²) in [5.74, 6) is 0. The van der Waals surface area contributed by atoms with E-state index in [9.17, 15) is 0 Å². The first kappa shape index (κ1) is 16.0. The van der Waals surface area contributed by atoms with Gasteiger partial charge in [0.15, 0.2) is 0 Å². The maximum absolute atomic E-state index is 3.47. The van der Waals surface area contributed by atoms with Crippen molar-refractivity contribution in [3.05, 3.63) is 14.4 Å². The van der Waals surface area contributed by atoms with Crippen LogP contribution < -0.4 is 0 Å². The molecule has 0 amide bonds. The van der Waals surface area contributed by atoms with Crippen LogP contribution in [0.4, 0.5) is 0 Å². The molecule has 2 heteroatoms. The Balaban J connectivity index is -0.0000000200. The molecule has 0 aliphatic carbocycles. The van der Waals surface area contributed by atoms with E-state index >= 15 is 0 Å².